The van der Waals surface area contributed by atoms with Crippen molar-refractivity contribution < 1.29 is 9.59 Å². The van der Waals surface area contributed by atoms with Crippen molar-refractivity contribution in [1.82, 2.24) is 24.6 Å². The fourth-order valence-electron chi connectivity index (χ4n) is 4.32. The van der Waals surface area contributed by atoms with Gasteiger partial charge in [0, 0.05) is 57.7 Å². The number of urea groups is 1. The monoisotopic (exact) mass is 410 g/mol. The van der Waals surface area contributed by atoms with Crippen LogP contribution in [0.25, 0.3) is 0 Å². The molecule has 3 amide bonds. The molecule has 30 heavy (non-hydrogen) atoms. The maximum absolute atomic E-state index is 12.8. The van der Waals surface area contributed by atoms with Crippen molar-refractivity contribution in [1.29, 1.82) is 0 Å². The topological polar surface area (TPSA) is 83.4 Å². The van der Waals surface area contributed by atoms with E-state index < -0.39 is 0 Å². The number of hydrogen-bond acceptors (Lipinski definition) is 4. The molecule has 160 valence electrons. The highest BCUT2D eigenvalue weighted by atomic mass is 16.2. The molecule has 2 aliphatic rings. The third kappa shape index (κ3) is 4.17. The van der Waals surface area contributed by atoms with E-state index in [9.17, 15) is 9.59 Å². The Hall–Kier alpha value is -2.90. The number of anilines is 1. The van der Waals surface area contributed by atoms with E-state index >= 15 is 0 Å². The molecule has 1 saturated heterocycles. The molecule has 1 aromatic carbocycles. The molecule has 0 radical (unpaired) electrons. The quantitative estimate of drug-likeness (QED) is 0.825. The molecule has 0 spiro atoms. The molecular formula is C22H30N6O2. The van der Waals surface area contributed by atoms with Crippen molar-refractivity contribution in [3.05, 3.63) is 41.0 Å². The maximum atomic E-state index is 12.8. The standard InChI is InChI=1S/C22H30N6O2/c1-15-4-5-19(14-16(15)2)23-22(30)27-11-8-20-24-25-21(28(20)13-12-27)18-6-9-26(10-7-18)17(3)29/h4-5,14,18H,6-13H2,1-3H3,(H,23,30). The lowest BCUT2D eigenvalue weighted by Crippen LogP contribution is -2.38. The van der Waals surface area contributed by atoms with E-state index in [1.165, 1.54) is 5.56 Å². The molecular weight excluding hydrogens is 380 g/mol. The normalized spacial score (nSPS) is 17.4. The lowest BCUT2D eigenvalue weighted by Gasteiger charge is -2.31. The number of likely N-dealkylation sites (tertiary alicyclic amines) is 1. The number of nitrogens with zero attached hydrogens (tertiary/aromatic N) is 5. The summed E-state index contributed by atoms with van der Waals surface area (Å²) in [5.74, 6) is 2.40. The van der Waals surface area contributed by atoms with Gasteiger partial charge in [-0.15, -0.1) is 10.2 Å². The SMILES string of the molecule is CC(=O)N1CCC(c2nnc3n2CCN(C(=O)Nc2ccc(C)c(C)c2)CC3)CC1. The molecule has 4 rings (SSSR count). The Bertz CT molecular complexity index is 945. The Morgan fingerprint density at radius 3 is 2.43 bits per heavy atom. The van der Waals surface area contributed by atoms with Crippen LogP contribution in [-0.2, 0) is 17.8 Å². The Labute approximate surface area is 177 Å². The zero-order valence-electron chi connectivity index (χ0n) is 18.0. The molecule has 0 unspecified atom stereocenters. The van der Waals surface area contributed by atoms with Crippen LogP contribution in [0.15, 0.2) is 18.2 Å². The van der Waals surface area contributed by atoms with E-state index in [0.717, 1.165) is 48.8 Å². The lowest BCUT2D eigenvalue weighted by molar-refractivity contribution is -0.129. The van der Waals surface area contributed by atoms with Crippen LogP contribution in [0.4, 0.5) is 10.5 Å². The van der Waals surface area contributed by atoms with Gasteiger partial charge in [-0.1, -0.05) is 6.07 Å². The number of nitrogens with one attached hydrogen (secondary N) is 1. The third-order valence-electron chi connectivity index (χ3n) is 6.41. The van der Waals surface area contributed by atoms with Gasteiger partial charge in [0.1, 0.15) is 11.6 Å². The number of amides is 3. The summed E-state index contributed by atoms with van der Waals surface area (Å²) in [6.07, 6.45) is 2.52. The Morgan fingerprint density at radius 1 is 0.967 bits per heavy atom. The summed E-state index contributed by atoms with van der Waals surface area (Å²) in [6.45, 7) is 9.22. The highest BCUT2D eigenvalue weighted by molar-refractivity contribution is 5.89. The van der Waals surface area contributed by atoms with Gasteiger partial charge in [-0.25, -0.2) is 4.79 Å². The summed E-state index contributed by atoms with van der Waals surface area (Å²) in [4.78, 5) is 28.1. The molecule has 0 saturated carbocycles. The van der Waals surface area contributed by atoms with Crippen LogP contribution in [0.2, 0.25) is 0 Å². The zero-order valence-corrected chi connectivity index (χ0v) is 18.0. The summed E-state index contributed by atoms with van der Waals surface area (Å²) < 4.78 is 2.19. The van der Waals surface area contributed by atoms with Crippen LogP contribution in [-0.4, -0.2) is 62.7 Å². The van der Waals surface area contributed by atoms with E-state index in [2.05, 4.69) is 27.0 Å². The molecule has 0 atom stereocenters. The Balaban J connectivity index is 1.40. The number of fused-ring (bicyclic) bond motifs is 1. The first-order valence-corrected chi connectivity index (χ1v) is 10.7. The second-order valence-electron chi connectivity index (χ2n) is 8.37. The summed E-state index contributed by atoms with van der Waals surface area (Å²) in [6, 6.07) is 5.90. The molecule has 2 aromatic rings. The number of piperidine rings is 1. The molecule has 0 bridgehead atoms. The van der Waals surface area contributed by atoms with Gasteiger partial charge < -0.3 is 19.7 Å². The number of rotatable bonds is 2. The molecule has 8 nitrogen and oxygen atoms in total. The first-order chi connectivity index (χ1) is 14.4. The minimum absolute atomic E-state index is 0.0757. The van der Waals surface area contributed by atoms with Gasteiger partial charge in [-0.05, 0) is 49.9 Å². The fraction of sp³-hybridized carbons (Fsp3) is 0.545. The van der Waals surface area contributed by atoms with Crippen molar-refractivity contribution in [3.63, 3.8) is 0 Å². The molecule has 8 heteroatoms. The molecule has 0 aliphatic carbocycles. The fourth-order valence-corrected chi connectivity index (χ4v) is 4.32. The lowest BCUT2D eigenvalue weighted by atomic mass is 9.96. The number of aromatic nitrogens is 3. The maximum Gasteiger partial charge on any atom is 0.321 e. The zero-order chi connectivity index (χ0) is 21.3. The molecule has 1 N–H and O–H groups in total. The highest BCUT2D eigenvalue weighted by Crippen LogP contribution is 2.28. The van der Waals surface area contributed by atoms with Crippen LogP contribution < -0.4 is 5.32 Å². The first kappa shape index (κ1) is 20.4. The van der Waals surface area contributed by atoms with Crippen LogP contribution >= 0.6 is 0 Å². The number of hydrogen-bond donors (Lipinski definition) is 1. The van der Waals surface area contributed by atoms with Gasteiger partial charge in [-0.2, -0.15) is 0 Å². The van der Waals surface area contributed by atoms with E-state index in [1.54, 1.807) is 6.92 Å². The highest BCUT2D eigenvalue weighted by Gasteiger charge is 2.29. The first-order valence-electron chi connectivity index (χ1n) is 10.7. The predicted molar refractivity (Wildman–Crippen MR) is 114 cm³/mol. The van der Waals surface area contributed by atoms with Gasteiger partial charge in [0.15, 0.2) is 0 Å². The van der Waals surface area contributed by atoms with E-state index in [0.29, 0.717) is 32.0 Å². The Morgan fingerprint density at radius 2 is 1.73 bits per heavy atom. The van der Waals surface area contributed by atoms with Gasteiger partial charge in [0.05, 0.1) is 0 Å². The predicted octanol–water partition coefficient (Wildman–Crippen LogP) is 2.71. The van der Waals surface area contributed by atoms with Crippen molar-refractivity contribution in [2.24, 2.45) is 0 Å². The van der Waals surface area contributed by atoms with E-state index in [1.807, 2.05) is 34.9 Å². The van der Waals surface area contributed by atoms with Gasteiger partial charge >= 0.3 is 6.03 Å². The molecule has 1 aromatic heterocycles. The summed E-state index contributed by atoms with van der Waals surface area (Å²) >= 11 is 0. The van der Waals surface area contributed by atoms with Crippen molar-refractivity contribution in [2.45, 2.75) is 52.5 Å². The second kappa shape index (κ2) is 8.45. The minimum atomic E-state index is -0.0757. The van der Waals surface area contributed by atoms with E-state index in [-0.39, 0.29) is 11.9 Å². The van der Waals surface area contributed by atoms with Crippen LogP contribution in [0.3, 0.4) is 0 Å². The largest absolute Gasteiger partial charge is 0.343 e. The average molecular weight is 411 g/mol. The smallest absolute Gasteiger partial charge is 0.321 e. The average Bonchev–Trinajstić information content (AvgIpc) is 3.01. The minimum Gasteiger partial charge on any atom is -0.343 e. The Kier molecular flexibility index (Phi) is 5.74. The van der Waals surface area contributed by atoms with Gasteiger partial charge in [0.2, 0.25) is 5.91 Å². The van der Waals surface area contributed by atoms with Crippen molar-refractivity contribution in [2.75, 3.05) is 31.5 Å². The van der Waals surface area contributed by atoms with Crippen molar-refractivity contribution in [3.8, 4) is 0 Å². The molecule has 3 heterocycles. The molecule has 1 fully saturated rings. The van der Waals surface area contributed by atoms with Gasteiger partial charge in [-0.3, -0.25) is 4.79 Å². The number of aryl methyl sites for hydroxylation is 2. The van der Waals surface area contributed by atoms with Crippen LogP contribution in [0, 0.1) is 13.8 Å². The van der Waals surface area contributed by atoms with Gasteiger partial charge in [0.25, 0.3) is 0 Å². The number of carbonyl (C=O) groups is 2. The summed E-state index contributed by atoms with van der Waals surface area (Å²) in [5.41, 5.74) is 3.20. The van der Waals surface area contributed by atoms with E-state index in [4.69, 9.17) is 0 Å². The summed E-state index contributed by atoms with van der Waals surface area (Å²) in [7, 11) is 0. The summed E-state index contributed by atoms with van der Waals surface area (Å²) in [5, 5.41) is 11.9. The van der Waals surface area contributed by atoms with Crippen molar-refractivity contribution >= 4 is 17.6 Å². The second-order valence-corrected chi connectivity index (χ2v) is 8.37. The number of carbonyl (C=O) groups excluding carboxylic acids is 2. The third-order valence-corrected chi connectivity index (χ3v) is 6.41. The molecule has 2 aliphatic heterocycles. The van der Waals surface area contributed by atoms with Crippen LogP contribution in [0.5, 0.6) is 0 Å². The van der Waals surface area contributed by atoms with Crippen LogP contribution in [0.1, 0.15) is 48.5 Å². The number of benzene rings is 1.